The maximum atomic E-state index is 10.5. The number of hydrogen-bond donors (Lipinski definition) is 1. The molecule has 1 aromatic carbocycles. The fourth-order valence-corrected chi connectivity index (χ4v) is 3.77. The van der Waals surface area contributed by atoms with Crippen LogP contribution in [0.25, 0.3) is 0 Å². The molecular weight excluding hydrogens is 384 g/mol. The van der Waals surface area contributed by atoms with Crippen molar-refractivity contribution in [3.8, 4) is 0 Å². The second-order valence-corrected chi connectivity index (χ2v) is 6.58. The van der Waals surface area contributed by atoms with Gasteiger partial charge in [0, 0.05) is 17.9 Å². The summed E-state index contributed by atoms with van der Waals surface area (Å²) in [4.78, 5) is 0. The summed E-state index contributed by atoms with van der Waals surface area (Å²) in [7, 11) is 1.91. The zero-order chi connectivity index (χ0) is 14.9. The molecule has 1 aromatic heterocycles. The quantitative estimate of drug-likeness (QED) is 0.837. The lowest BCUT2D eigenvalue weighted by Crippen LogP contribution is -2.07. The van der Waals surface area contributed by atoms with E-state index in [1.807, 2.05) is 36.9 Å². The van der Waals surface area contributed by atoms with Crippen molar-refractivity contribution in [3.05, 3.63) is 49.7 Å². The highest BCUT2D eigenvalue weighted by Crippen LogP contribution is 2.30. The third-order valence-electron chi connectivity index (χ3n) is 3.40. The Bertz CT molecular complexity index is 623. The second kappa shape index (κ2) is 6.41. The highest BCUT2D eigenvalue weighted by Gasteiger charge is 2.18. The molecular formula is C15H18Br2N2O. The minimum atomic E-state index is -0.554. The highest BCUT2D eigenvalue weighted by atomic mass is 79.9. The van der Waals surface area contributed by atoms with Crippen molar-refractivity contribution in [3.63, 3.8) is 0 Å². The summed E-state index contributed by atoms with van der Waals surface area (Å²) in [5.41, 5.74) is 4.11. The van der Waals surface area contributed by atoms with Crippen molar-refractivity contribution in [1.82, 2.24) is 9.78 Å². The van der Waals surface area contributed by atoms with Crippen LogP contribution in [0.4, 0.5) is 0 Å². The lowest BCUT2D eigenvalue weighted by molar-refractivity contribution is 0.175. The number of nitrogens with zero attached hydrogens (tertiary/aromatic N) is 2. The van der Waals surface area contributed by atoms with Crippen LogP contribution in [-0.2, 0) is 19.9 Å². The minimum Gasteiger partial charge on any atom is -0.388 e. The van der Waals surface area contributed by atoms with Crippen molar-refractivity contribution in [2.24, 2.45) is 7.05 Å². The van der Waals surface area contributed by atoms with Crippen LogP contribution in [0.3, 0.4) is 0 Å². The molecule has 1 unspecified atom stereocenters. The fourth-order valence-electron chi connectivity index (χ4n) is 2.24. The van der Waals surface area contributed by atoms with Crippen LogP contribution >= 0.6 is 31.9 Å². The normalized spacial score (nSPS) is 12.7. The maximum Gasteiger partial charge on any atom is 0.0856 e. The Morgan fingerprint density at radius 1 is 1.35 bits per heavy atom. The Morgan fingerprint density at radius 2 is 2.05 bits per heavy atom. The topological polar surface area (TPSA) is 38.0 Å². The smallest absolute Gasteiger partial charge is 0.0856 e. The number of aliphatic hydroxyl groups is 1. The Morgan fingerprint density at radius 3 is 2.60 bits per heavy atom. The van der Waals surface area contributed by atoms with E-state index in [1.165, 1.54) is 5.56 Å². The standard InChI is InChI=1S/C15H18Br2N2O/c1-4-12-15(17)13(19(3)18-12)8-14(20)10-6-5-9(2)7-11(10)16/h5-7,14,20H,4,8H2,1-3H3. The molecule has 0 radical (unpaired) electrons. The largest absolute Gasteiger partial charge is 0.388 e. The highest BCUT2D eigenvalue weighted by molar-refractivity contribution is 9.10. The molecule has 0 aliphatic rings. The summed E-state index contributed by atoms with van der Waals surface area (Å²) in [6, 6.07) is 6.00. The molecule has 0 bridgehead atoms. The molecule has 2 rings (SSSR count). The molecule has 20 heavy (non-hydrogen) atoms. The monoisotopic (exact) mass is 400 g/mol. The van der Waals surface area contributed by atoms with E-state index in [4.69, 9.17) is 0 Å². The summed E-state index contributed by atoms with van der Waals surface area (Å²) in [6.07, 6.45) is 0.853. The van der Waals surface area contributed by atoms with E-state index in [2.05, 4.69) is 43.9 Å². The average Bonchev–Trinajstić information content (AvgIpc) is 2.66. The van der Waals surface area contributed by atoms with Gasteiger partial charge in [-0.25, -0.2) is 0 Å². The minimum absolute atomic E-state index is 0.533. The third kappa shape index (κ3) is 3.15. The van der Waals surface area contributed by atoms with E-state index < -0.39 is 6.10 Å². The van der Waals surface area contributed by atoms with Gasteiger partial charge in [0.05, 0.1) is 22.0 Å². The lowest BCUT2D eigenvalue weighted by atomic mass is 10.0. The molecule has 3 nitrogen and oxygen atoms in total. The SMILES string of the molecule is CCc1nn(C)c(CC(O)c2ccc(C)cc2Br)c1Br. The molecule has 0 aliphatic heterocycles. The molecule has 1 atom stereocenters. The van der Waals surface area contributed by atoms with E-state index in [1.54, 1.807) is 0 Å². The van der Waals surface area contributed by atoms with Gasteiger partial charge in [0.15, 0.2) is 0 Å². The molecule has 5 heteroatoms. The van der Waals surface area contributed by atoms with Crippen molar-refractivity contribution < 1.29 is 5.11 Å². The van der Waals surface area contributed by atoms with E-state index in [0.717, 1.165) is 32.3 Å². The molecule has 1 heterocycles. The Balaban J connectivity index is 2.27. The number of aliphatic hydroxyl groups excluding tert-OH is 1. The Hall–Kier alpha value is -0.650. The molecule has 0 fully saturated rings. The fraction of sp³-hybridized carbons (Fsp3) is 0.400. The number of halogens is 2. The zero-order valence-corrected chi connectivity index (χ0v) is 15.0. The summed E-state index contributed by atoms with van der Waals surface area (Å²) < 4.78 is 3.79. The van der Waals surface area contributed by atoms with Gasteiger partial charge in [-0.05, 0) is 46.5 Å². The molecule has 0 saturated heterocycles. The van der Waals surface area contributed by atoms with Gasteiger partial charge < -0.3 is 5.11 Å². The van der Waals surface area contributed by atoms with E-state index in [9.17, 15) is 5.11 Å². The van der Waals surface area contributed by atoms with E-state index in [-0.39, 0.29) is 0 Å². The van der Waals surface area contributed by atoms with Gasteiger partial charge in [-0.2, -0.15) is 5.10 Å². The number of benzene rings is 1. The second-order valence-electron chi connectivity index (χ2n) is 4.93. The van der Waals surface area contributed by atoms with Crippen LogP contribution in [0, 0.1) is 6.92 Å². The van der Waals surface area contributed by atoms with Gasteiger partial charge in [0.25, 0.3) is 0 Å². The van der Waals surface area contributed by atoms with Gasteiger partial charge in [-0.15, -0.1) is 0 Å². The Labute approximate surface area is 136 Å². The number of rotatable bonds is 4. The summed E-state index contributed by atoms with van der Waals surface area (Å²) in [5, 5.41) is 14.9. The lowest BCUT2D eigenvalue weighted by Gasteiger charge is -2.14. The van der Waals surface area contributed by atoms with E-state index >= 15 is 0 Å². The number of hydrogen-bond acceptors (Lipinski definition) is 2. The predicted molar refractivity (Wildman–Crippen MR) is 87.8 cm³/mol. The summed E-state index contributed by atoms with van der Waals surface area (Å²) in [6.45, 7) is 4.11. The van der Waals surface area contributed by atoms with Crippen LogP contribution < -0.4 is 0 Å². The van der Waals surface area contributed by atoms with Gasteiger partial charge in [-0.1, -0.05) is 35.0 Å². The van der Waals surface area contributed by atoms with Gasteiger partial charge in [-0.3, -0.25) is 4.68 Å². The van der Waals surface area contributed by atoms with Crippen molar-refractivity contribution in [2.45, 2.75) is 32.8 Å². The van der Waals surface area contributed by atoms with Crippen LogP contribution in [0.2, 0.25) is 0 Å². The number of aromatic nitrogens is 2. The van der Waals surface area contributed by atoms with Crippen LogP contribution in [0.15, 0.2) is 27.1 Å². The first-order valence-corrected chi connectivity index (χ1v) is 8.17. The molecule has 108 valence electrons. The van der Waals surface area contributed by atoms with Gasteiger partial charge >= 0.3 is 0 Å². The first-order chi connectivity index (χ1) is 9.43. The van der Waals surface area contributed by atoms with Crippen molar-refractivity contribution in [1.29, 1.82) is 0 Å². The average molecular weight is 402 g/mol. The maximum absolute atomic E-state index is 10.5. The predicted octanol–water partition coefficient (Wildman–Crippen LogP) is 4.09. The molecule has 0 saturated carbocycles. The van der Waals surface area contributed by atoms with Gasteiger partial charge in [0.2, 0.25) is 0 Å². The first-order valence-electron chi connectivity index (χ1n) is 6.58. The zero-order valence-electron chi connectivity index (χ0n) is 11.8. The van der Waals surface area contributed by atoms with E-state index in [0.29, 0.717) is 6.42 Å². The molecule has 0 aliphatic carbocycles. The molecule has 2 aromatic rings. The summed E-state index contributed by atoms with van der Waals surface area (Å²) in [5.74, 6) is 0. The molecule has 0 amide bonds. The van der Waals surface area contributed by atoms with Crippen LogP contribution in [0.5, 0.6) is 0 Å². The van der Waals surface area contributed by atoms with Gasteiger partial charge in [0.1, 0.15) is 0 Å². The molecule has 1 N–H and O–H groups in total. The summed E-state index contributed by atoms with van der Waals surface area (Å²) >= 11 is 7.11. The Kier molecular flexibility index (Phi) is 5.04. The molecule has 0 spiro atoms. The third-order valence-corrected chi connectivity index (χ3v) is 5.01. The van der Waals surface area contributed by atoms with Crippen LogP contribution in [-0.4, -0.2) is 14.9 Å². The van der Waals surface area contributed by atoms with Crippen LogP contribution in [0.1, 0.15) is 35.5 Å². The van der Waals surface area contributed by atoms with Crippen molar-refractivity contribution in [2.75, 3.05) is 0 Å². The van der Waals surface area contributed by atoms with Crippen molar-refractivity contribution >= 4 is 31.9 Å². The first kappa shape index (κ1) is 15.7. The number of aryl methyl sites for hydroxylation is 3.